The minimum atomic E-state index is -0.176. The molecule has 0 spiro atoms. The van der Waals surface area contributed by atoms with Gasteiger partial charge in [-0.25, -0.2) is 9.67 Å². The summed E-state index contributed by atoms with van der Waals surface area (Å²) in [5, 5.41) is 25.3. The maximum absolute atomic E-state index is 12.0. The highest BCUT2D eigenvalue weighted by Crippen LogP contribution is 2.16. The van der Waals surface area contributed by atoms with Crippen molar-refractivity contribution in [3.8, 4) is 12.1 Å². The molecule has 0 saturated carbocycles. The molecule has 0 fully saturated rings. The SMILES string of the molecule is CC(C)c1nc2n(n1)CC(NCCC(=O)N(CC#N)CC#N)CC2. The molecule has 1 amide bonds. The lowest BCUT2D eigenvalue weighted by Crippen LogP contribution is -2.40. The predicted octanol–water partition coefficient (Wildman–Crippen LogP) is 0.572. The number of hydrogen-bond donors (Lipinski definition) is 1. The highest BCUT2D eigenvalue weighted by atomic mass is 16.2. The van der Waals surface area contributed by atoms with Crippen molar-refractivity contribution in [1.82, 2.24) is 25.0 Å². The highest BCUT2D eigenvalue weighted by molar-refractivity contribution is 5.76. The molecule has 24 heavy (non-hydrogen) atoms. The summed E-state index contributed by atoms with van der Waals surface area (Å²) in [7, 11) is 0. The molecule has 0 saturated heterocycles. The van der Waals surface area contributed by atoms with E-state index in [-0.39, 0.29) is 31.5 Å². The molecule has 1 aromatic rings. The number of hydrogen-bond acceptors (Lipinski definition) is 6. The van der Waals surface area contributed by atoms with Crippen molar-refractivity contribution in [3.63, 3.8) is 0 Å². The van der Waals surface area contributed by atoms with Crippen LogP contribution in [0.25, 0.3) is 0 Å². The Morgan fingerprint density at radius 3 is 2.75 bits per heavy atom. The third kappa shape index (κ3) is 4.53. The second kappa shape index (κ2) is 8.42. The van der Waals surface area contributed by atoms with Gasteiger partial charge in [0.25, 0.3) is 0 Å². The monoisotopic (exact) mass is 329 g/mol. The Labute approximate surface area is 142 Å². The normalized spacial score (nSPS) is 16.3. The van der Waals surface area contributed by atoms with Gasteiger partial charge in [0.15, 0.2) is 5.82 Å². The number of carbonyl (C=O) groups excluding carboxylic acids is 1. The Morgan fingerprint density at radius 1 is 1.42 bits per heavy atom. The molecular weight excluding hydrogens is 306 g/mol. The maximum atomic E-state index is 12.0. The van der Waals surface area contributed by atoms with Crippen LogP contribution in [0, 0.1) is 22.7 Å². The third-order valence-corrected chi connectivity index (χ3v) is 4.04. The number of carbonyl (C=O) groups is 1. The van der Waals surface area contributed by atoms with E-state index in [0.717, 1.165) is 31.0 Å². The molecule has 0 radical (unpaired) electrons. The van der Waals surface area contributed by atoms with E-state index in [0.29, 0.717) is 12.5 Å². The van der Waals surface area contributed by atoms with Crippen LogP contribution in [0.2, 0.25) is 0 Å². The van der Waals surface area contributed by atoms with Crippen LogP contribution < -0.4 is 5.32 Å². The van der Waals surface area contributed by atoms with Crippen molar-refractivity contribution < 1.29 is 4.79 Å². The van der Waals surface area contributed by atoms with Gasteiger partial charge in [0, 0.05) is 31.3 Å². The molecule has 8 nitrogen and oxygen atoms in total. The van der Waals surface area contributed by atoms with Crippen molar-refractivity contribution in [2.75, 3.05) is 19.6 Å². The molecule has 1 unspecified atom stereocenters. The Hall–Kier alpha value is -2.45. The predicted molar refractivity (Wildman–Crippen MR) is 86.6 cm³/mol. The van der Waals surface area contributed by atoms with E-state index < -0.39 is 0 Å². The number of aromatic nitrogens is 3. The summed E-state index contributed by atoms with van der Waals surface area (Å²) in [6.07, 6.45) is 2.12. The van der Waals surface area contributed by atoms with E-state index in [2.05, 4.69) is 29.2 Å². The van der Waals surface area contributed by atoms with Crippen molar-refractivity contribution in [2.45, 2.75) is 51.6 Å². The highest BCUT2D eigenvalue weighted by Gasteiger charge is 2.22. The number of nitrogens with one attached hydrogen (secondary N) is 1. The molecule has 0 aromatic carbocycles. The number of rotatable bonds is 7. The standard InChI is InChI=1S/C16H23N7O/c1-12(2)16-20-14-4-3-13(11-23(14)21-16)19-8-5-15(24)22(9-6-17)10-7-18/h12-13,19H,3-5,8-11H2,1-2H3. The van der Waals surface area contributed by atoms with Crippen molar-refractivity contribution in [1.29, 1.82) is 10.5 Å². The summed E-state index contributed by atoms with van der Waals surface area (Å²) in [6.45, 7) is 5.35. The summed E-state index contributed by atoms with van der Waals surface area (Å²) < 4.78 is 1.95. The number of nitriles is 2. The zero-order valence-corrected chi connectivity index (χ0v) is 14.2. The van der Waals surface area contributed by atoms with Crippen LogP contribution in [-0.2, 0) is 17.8 Å². The average molecular weight is 329 g/mol. The molecule has 1 aliphatic heterocycles. The van der Waals surface area contributed by atoms with Crippen LogP contribution in [-0.4, -0.2) is 51.2 Å². The molecule has 0 bridgehead atoms. The van der Waals surface area contributed by atoms with E-state index in [1.165, 1.54) is 4.90 Å². The van der Waals surface area contributed by atoms with Gasteiger partial charge in [0.05, 0.1) is 18.7 Å². The fourth-order valence-corrected chi connectivity index (χ4v) is 2.68. The first-order valence-corrected chi connectivity index (χ1v) is 8.23. The van der Waals surface area contributed by atoms with Crippen LogP contribution in [0.4, 0.5) is 0 Å². The zero-order chi connectivity index (χ0) is 17.5. The molecule has 1 N–H and O–H groups in total. The van der Waals surface area contributed by atoms with Gasteiger partial charge in [-0.3, -0.25) is 4.79 Å². The van der Waals surface area contributed by atoms with Gasteiger partial charge >= 0.3 is 0 Å². The molecule has 128 valence electrons. The van der Waals surface area contributed by atoms with Gasteiger partial charge < -0.3 is 10.2 Å². The molecule has 1 aliphatic rings. The van der Waals surface area contributed by atoms with E-state index in [1.54, 1.807) is 0 Å². The Morgan fingerprint density at radius 2 is 2.12 bits per heavy atom. The molecule has 1 aromatic heterocycles. The molecule has 2 heterocycles. The van der Waals surface area contributed by atoms with Gasteiger partial charge in [-0.1, -0.05) is 13.8 Å². The third-order valence-electron chi connectivity index (χ3n) is 4.04. The largest absolute Gasteiger partial charge is 0.316 e. The Balaban J connectivity index is 1.80. The molecule has 0 aliphatic carbocycles. The molecule has 8 heteroatoms. The summed E-state index contributed by atoms with van der Waals surface area (Å²) >= 11 is 0. The fraction of sp³-hybridized carbons (Fsp3) is 0.688. The smallest absolute Gasteiger partial charge is 0.225 e. The van der Waals surface area contributed by atoms with E-state index in [1.807, 2.05) is 16.8 Å². The number of aryl methyl sites for hydroxylation is 1. The quantitative estimate of drug-likeness (QED) is 0.732. The number of amides is 1. The first kappa shape index (κ1) is 17.9. The first-order chi connectivity index (χ1) is 11.5. The minimum Gasteiger partial charge on any atom is -0.316 e. The van der Waals surface area contributed by atoms with Crippen molar-refractivity contribution in [3.05, 3.63) is 11.6 Å². The van der Waals surface area contributed by atoms with Gasteiger partial charge in [0.1, 0.15) is 18.9 Å². The Kier molecular flexibility index (Phi) is 6.28. The lowest BCUT2D eigenvalue weighted by molar-refractivity contribution is -0.129. The lowest BCUT2D eigenvalue weighted by atomic mass is 10.1. The van der Waals surface area contributed by atoms with E-state index in [4.69, 9.17) is 10.5 Å². The van der Waals surface area contributed by atoms with E-state index >= 15 is 0 Å². The lowest BCUT2D eigenvalue weighted by Gasteiger charge is -2.24. The first-order valence-electron chi connectivity index (χ1n) is 8.23. The molecule has 1 atom stereocenters. The number of nitrogens with zero attached hydrogens (tertiary/aromatic N) is 6. The molecular formula is C16H23N7O. The van der Waals surface area contributed by atoms with Crippen molar-refractivity contribution in [2.24, 2.45) is 0 Å². The maximum Gasteiger partial charge on any atom is 0.225 e. The van der Waals surface area contributed by atoms with E-state index in [9.17, 15) is 4.79 Å². The van der Waals surface area contributed by atoms with Crippen LogP contribution in [0.3, 0.4) is 0 Å². The van der Waals surface area contributed by atoms with Crippen molar-refractivity contribution >= 4 is 5.91 Å². The summed E-state index contributed by atoms with van der Waals surface area (Å²) in [5.74, 6) is 2.05. The van der Waals surface area contributed by atoms with Gasteiger partial charge in [-0.2, -0.15) is 15.6 Å². The molecule has 2 rings (SSSR count). The summed E-state index contributed by atoms with van der Waals surface area (Å²) in [5.41, 5.74) is 0. The minimum absolute atomic E-state index is 0.0455. The summed E-state index contributed by atoms with van der Waals surface area (Å²) in [4.78, 5) is 17.8. The van der Waals surface area contributed by atoms with Crippen LogP contribution in [0.1, 0.15) is 44.3 Å². The zero-order valence-electron chi connectivity index (χ0n) is 14.2. The topological polar surface area (TPSA) is 111 Å². The second-order valence-corrected chi connectivity index (χ2v) is 6.23. The van der Waals surface area contributed by atoms with Crippen LogP contribution in [0.15, 0.2) is 0 Å². The fourth-order valence-electron chi connectivity index (χ4n) is 2.68. The van der Waals surface area contributed by atoms with Gasteiger partial charge in [0.2, 0.25) is 5.91 Å². The van der Waals surface area contributed by atoms with Gasteiger partial charge in [-0.05, 0) is 6.42 Å². The average Bonchev–Trinajstić information content (AvgIpc) is 2.98. The van der Waals surface area contributed by atoms with Crippen LogP contribution >= 0.6 is 0 Å². The van der Waals surface area contributed by atoms with Gasteiger partial charge in [-0.15, -0.1) is 0 Å². The summed E-state index contributed by atoms with van der Waals surface area (Å²) in [6, 6.07) is 4.08. The number of fused-ring (bicyclic) bond motifs is 1. The van der Waals surface area contributed by atoms with Crippen LogP contribution in [0.5, 0.6) is 0 Å². The Bertz CT molecular complexity index is 636. The second-order valence-electron chi connectivity index (χ2n) is 6.23.